The molecular weight excluding hydrogens is 649 g/mol. The van der Waals surface area contributed by atoms with E-state index >= 15 is 4.39 Å². The first-order valence-electron chi connectivity index (χ1n) is 13.1. The number of nitrogen functional groups attached to an aromatic ring is 1. The Morgan fingerprint density at radius 3 is 2.38 bits per heavy atom. The highest BCUT2D eigenvalue weighted by atomic mass is 31.2. The zero-order valence-corrected chi connectivity index (χ0v) is 24.4. The number of imidazole rings is 2. The van der Waals surface area contributed by atoms with E-state index in [1.54, 1.807) is 0 Å². The van der Waals surface area contributed by atoms with Gasteiger partial charge in [0.2, 0.25) is 0 Å². The van der Waals surface area contributed by atoms with Crippen molar-refractivity contribution in [2.45, 2.75) is 49.1 Å². The number of aliphatic imine (C=N–C) groups is 1. The van der Waals surface area contributed by atoms with Crippen molar-refractivity contribution < 1.29 is 56.0 Å². The fourth-order valence-electron chi connectivity index (χ4n) is 5.35. The summed E-state index contributed by atoms with van der Waals surface area (Å²) in [5.74, 6) is 0.0687. The summed E-state index contributed by atoms with van der Waals surface area (Å²) in [5, 5.41) is 13.7. The first-order chi connectivity index (χ1) is 21.3. The molecule has 0 saturated carbocycles. The van der Waals surface area contributed by atoms with Gasteiger partial charge in [0.25, 0.3) is 0 Å². The molecule has 8 N–H and O–H groups in total. The third-order valence-electron chi connectivity index (χ3n) is 7.39. The Hall–Kier alpha value is -3.40. The molecule has 0 aliphatic carbocycles. The number of aliphatic hydroxyl groups is 1. The molecule has 242 valence electrons. The molecule has 0 spiro atoms. The largest absolute Gasteiger partial charge is 0.472 e. The quantitative estimate of drug-likeness (QED) is 0.184. The Morgan fingerprint density at radius 2 is 1.62 bits per heavy atom. The van der Waals surface area contributed by atoms with E-state index in [1.165, 1.54) is 10.9 Å². The molecule has 3 saturated heterocycles. The summed E-state index contributed by atoms with van der Waals surface area (Å²) in [6.45, 7) is 2.11. The van der Waals surface area contributed by atoms with Gasteiger partial charge in [-0.25, -0.2) is 33.5 Å². The highest BCUT2D eigenvalue weighted by Crippen LogP contribution is 2.54. The second-order valence-corrected chi connectivity index (χ2v) is 13.1. The number of phosphoric acid groups is 2. The molecule has 7 rings (SSSR count). The van der Waals surface area contributed by atoms with E-state index in [4.69, 9.17) is 39.0 Å². The fourth-order valence-corrected chi connectivity index (χ4v) is 7.24. The van der Waals surface area contributed by atoms with E-state index in [2.05, 4.69) is 36.8 Å². The molecular formula is C21H25FN10O11P2. The standard InChI is InChI=1S/C21H25FN10O11P2/c1-7-11-18(30-21(24)29-7)32(5-27-11)20-15-13(33)8(40-20)2-38-44(34,35)42-14-9(3-39-45(36,37)43-15)41-19(10(14)22)31-6-28-12-16(23)25-4-26-17(12)31/h4-6,8-10,13-15,19-20,33H,1-3H2,(H,34,35)(H,36,37)(H2,23,25,26)(H3,24,29,30)/t8-,9-,10?,13?,14?,15?,19-,20-/m1/s1. The number of phosphoric ester groups is 2. The maximum Gasteiger partial charge on any atom is 0.472 e. The summed E-state index contributed by atoms with van der Waals surface area (Å²) in [6, 6.07) is 0. The van der Waals surface area contributed by atoms with E-state index in [1.807, 2.05) is 0 Å². The third-order valence-corrected chi connectivity index (χ3v) is 9.36. The number of nitrogens with one attached hydrogen (secondary N) is 1. The van der Waals surface area contributed by atoms with E-state index in [9.17, 15) is 24.0 Å². The second-order valence-electron chi connectivity index (χ2n) is 10.2. The zero-order chi connectivity index (χ0) is 31.8. The number of nitrogens with two attached hydrogens (primary N) is 2. The van der Waals surface area contributed by atoms with Crippen LogP contribution in [0.25, 0.3) is 16.9 Å². The minimum absolute atomic E-state index is 0.00587. The number of hydrogen-bond acceptors (Lipinski definition) is 17. The highest BCUT2D eigenvalue weighted by molar-refractivity contribution is 7.47. The summed E-state index contributed by atoms with van der Waals surface area (Å²) in [6.07, 6.45) is -9.92. The van der Waals surface area contributed by atoms with Gasteiger partial charge in [-0.15, -0.1) is 0 Å². The maximum atomic E-state index is 15.9. The number of hydrogen-bond donors (Lipinski definition) is 6. The molecule has 3 fully saturated rings. The van der Waals surface area contributed by atoms with Crippen LogP contribution in [0, 0.1) is 0 Å². The monoisotopic (exact) mass is 674 g/mol. The van der Waals surface area contributed by atoms with Gasteiger partial charge in [0.05, 0.1) is 31.6 Å². The summed E-state index contributed by atoms with van der Waals surface area (Å²) in [5.41, 5.74) is 12.4. The van der Waals surface area contributed by atoms with Gasteiger partial charge in [-0.05, 0) is 0 Å². The Bertz CT molecular complexity index is 1810. The van der Waals surface area contributed by atoms with Crippen molar-refractivity contribution >= 4 is 50.1 Å². The minimum Gasteiger partial charge on any atom is -0.387 e. The van der Waals surface area contributed by atoms with E-state index in [0.29, 0.717) is 5.70 Å². The molecule has 6 unspecified atom stereocenters. The van der Waals surface area contributed by atoms with Crippen LogP contribution in [0.1, 0.15) is 18.1 Å². The molecule has 2 bridgehead atoms. The number of ether oxygens (including phenoxy) is 2. The van der Waals surface area contributed by atoms with Gasteiger partial charge in [0.1, 0.15) is 48.1 Å². The number of guanidine groups is 1. The average Bonchev–Trinajstić information content (AvgIpc) is 3.72. The lowest BCUT2D eigenvalue weighted by molar-refractivity contribution is -0.0675. The molecule has 3 aromatic rings. The van der Waals surface area contributed by atoms with Crippen molar-refractivity contribution in [3.8, 4) is 0 Å². The predicted octanol–water partition coefficient (Wildman–Crippen LogP) is -0.663. The minimum atomic E-state index is -5.11. The summed E-state index contributed by atoms with van der Waals surface area (Å²) < 4.78 is 76.8. The van der Waals surface area contributed by atoms with Gasteiger partial charge in [-0.1, -0.05) is 6.58 Å². The van der Waals surface area contributed by atoms with Crippen molar-refractivity contribution in [3.05, 3.63) is 31.3 Å². The average molecular weight is 674 g/mol. The normalized spacial score (nSPS) is 38.8. The van der Waals surface area contributed by atoms with Crippen molar-refractivity contribution in [1.29, 1.82) is 0 Å². The molecule has 0 radical (unpaired) electrons. The number of halogens is 1. The molecule has 4 aliphatic heterocycles. The van der Waals surface area contributed by atoms with Crippen LogP contribution in [-0.2, 0) is 36.7 Å². The van der Waals surface area contributed by atoms with Gasteiger partial charge in [-0.2, -0.15) is 4.99 Å². The topological polar surface area (TPSA) is 288 Å². The van der Waals surface area contributed by atoms with E-state index < -0.39 is 78.0 Å². The Morgan fingerprint density at radius 1 is 0.956 bits per heavy atom. The Kier molecular flexibility index (Phi) is 7.30. The molecule has 3 aromatic heterocycles. The summed E-state index contributed by atoms with van der Waals surface area (Å²) >= 11 is 0. The lowest BCUT2D eigenvalue weighted by atomic mass is 10.1. The SMILES string of the molecule is C=C1NC(N)=Nc2c1ncn2[C@@H]1O[C@@H]2COP(=O)(O)OC3C(F)[C@H](n4cnc5c(N)ncnc54)O[C@@H]3COP(=O)(O)OC1C2O. The van der Waals surface area contributed by atoms with Crippen LogP contribution in [0.5, 0.6) is 0 Å². The van der Waals surface area contributed by atoms with Gasteiger partial charge < -0.3 is 41.2 Å². The van der Waals surface area contributed by atoms with Crippen molar-refractivity contribution in [1.82, 2.24) is 34.4 Å². The molecule has 10 atom stereocenters. The van der Waals surface area contributed by atoms with Crippen LogP contribution in [0.3, 0.4) is 0 Å². The zero-order valence-electron chi connectivity index (χ0n) is 22.6. The van der Waals surface area contributed by atoms with Crippen LogP contribution < -0.4 is 16.8 Å². The highest BCUT2D eigenvalue weighted by Gasteiger charge is 2.54. The second kappa shape index (κ2) is 10.9. The number of nitrogens with zero attached hydrogens (tertiary/aromatic N) is 7. The number of anilines is 1. The Labute approximate surface area is 250 Å². The molecule has 7 heterocycles. The number of aliphatic hydroxyl groups excluding tert-OH is 1. The maximum absolute atomic E-state index is 15.9. The lowest BCUT2D eigenvalue weighted by Gasteiger charge is -2.26. The molecule has 0 amide bonds. The molecule has 24 heteroatoms. The van der Waals surface area contributed by atoms with Gasteiger partial charge >= 0.3 is 15.6 Å². The third kappa shape index (κ3) is 5.32. The molecule has 0 aromatic carbocycles. The van der Waals surface area contributed by atoms with Gasteiger partial charge in [0, 0.05) is 0 Å². The molecule has 4 aliphatic rings. The van der Waals surface area contributed by atoms with Crippen molar-refractivity contribution in [3.63, 3.8) is 0 Å². The number of fused-ring (bicyclic) bond motifs is 5. The fraction of sp³-hybridized carbons (Fsp3) is 0.476. The smallest absolute Gasteiger partial charge is 0.387 e. The first-order valence-corrected chi connectivity index (χ1v) is 16.1. The van der Waals surface area contributed by atoms with Crippen LogP contribution in [-0.4, -0.2) is 99.8 Å². The van der Waals surface area contributed by atoms with Gasteiger partial charge in [-0.3, -0.25) is 27.2 Å². The number of alkyl halides is 1. The summed E-state index contributed by atoms with van der Waals surface area (Å²) in [7, 11) is -10.2. The van der Waals surface area contributed by atoms with Crippen molar-refractivity contribution in [2.24, 2.45) is 10.7 Å². The Balaban J connectivity index is 1.19. The molecule has 21 nitrogen and oxygen atoms in total. The van der Waals surface area contributed by atoms with Crippen LogP contribution in [0.15, 0.2) is 30.6 Å². The van der Waals surface area contributed by atoms with Crippen molar-refractivity contribution in [2.75, 3.05) is 18.9 Å². The predicted molar refractivity (Wildman–Crippen MR) is 145 cm³/mol. The van der Waals surface area contributed by atoms with Crippen LogP contribution in [0.4, 0.5) is 16.0 Å². The van der Waals surface area contributed by atoms with Crippen LogP contribution >= 0.6 is 15.6 Å². The summed E-state index contributed by atoms with van der Waals surface area (Å²) in [4.78, 5) is 41.5. The van der Waals surface area contributed by atoms with E-state index in [-0.39, 0.29) is 34.5 Å². The molecule has 45 heavy (non-hydrogen) atoms. The lowest BCUT2D eigenvalue weighted by Crippen LogP contribution is -2.35. The number of aromatic nitrogens is 6. The first kappa shape index (κ1) is 30.3. The van der Waals surface area contributed by atoms with Gasteiger partial charge in [0.15, 0.2) is 41.9 Å². The van der Waals surface area contributed by atoms with Crippen LogP contribution in [0.2, 0.25) is 0 Å². The van der Waals surface area contributed by atoms with E-state index in [0.717, 1.165) is 17.2 Å². The number of rotatable bonds is 2.